The van der Waals surface area contributed by atoms with Gasteiger partial charge in [0, 0.05) is 19.7 Å². The highest BCUT2D eigenvalue weighted by Crippen LogP contribution is 2.31. The Hall–Kier alpha value is -1.37. The van der Waals surface area contributed by atoms with Gasteiger partial charge < -0.3 is 10.1 Å². The topological polar surface area (TPSA) is 56.2 Å². The van der Waals surface area contributed by atoms with E-state index in [9.17, 15) is 4.79 Å². The average molecular weight is 340 g/mol. The van der Waals surface area contributed by atoms with Gasteiger partial charge in [0.25, 0.3) is 5.91 Å². The largest absolute Gasteiger partial charge is 0.376 e. The third kappa shape index (κ3) is 3.34. The summed E-state index contributed by atoms with van der Waals surface area (Å²) < 4.78 is 8.06. The lowest BCUT2D eigenvalue weighted by Crippen LogP contribution is -2.32. The molecule has 3 rings (SSSR count). The number of halogens is 1. The van der Waals surface area contributed by atoms with Crippen molar-refractivity contribution in [3.8, 4) is 10.6 Å². The van der Waals surface area contributed by atoms with Crippen LogP contribution in [-0.2, 0) is 11.3 Å². The van der Waals surface area contributed by atoms with Crippen LogP contribution in [0.2, 0.25) is 4.34 Å². The molecule has 0 bridgehead atoms. The SMILES string of the molecule is CCn1nc(C(=O)NC[C@H]2CCCO2)cc1-c1ccc(Cl)s1. The number of ether oxygens (including phenoxy) is 1. The van der Waals surface area contributed by atoms with E-state index in [1.54, 1.807) is 0 Å². The highest BCUT2D eigenvalue weighted by Gasteiger charge is 2.19. The van der Waals surface area contributed by atoms with Crippen LogP contribution in [0.1, 0.15) is 30.3 Å². The normalized spacial score (nSPS) is 17.8. The number of hydrogen-bond acceptors (Lipinski definition) is 4. The highest BCUT2D eigenvalue weighted by molar-refractivity contribution is 7.19. The second kappa shape index (κ2) is 6.81. The van der Waals surface area contributed by atoms with Gasteiger partial charge in [-0.2, -0.15) is 5.10 Å². The first-order chi connectivity index (χ1) is 10.7. The van der Waals surface area contributed by atoms with E-state index in [1.807, 2.05) is 29.8 Å². The second-order valence-corrected chi connectivity index (χ2v) is 6.89. The van der Waals surface area contributed by atoms with Crippen molar-refractivity contribution in [3.05, 3.63) is 28.2 Å². The first kappa shape index (κ1) is 15.5. The molecule has 2 aromatic rings. The molecule has 118 valence electrons. The van der Waals surface area contributed by atoms with Crippen LogP contribution in [0.5, 0.6) is 0 Å². The number of nitrogens with zero attached hydrogens (tertiary/aromatic N) is 2. The lowest BCUT2D eigenvalue weighted by Gasteiger charge is -2.09. The van der Waals surface area contributed by atoms with Crippen LogP contribution in [0.4, 0.5) is 0 Å². The predicted octanol–water partition coefficient (Wildman–Crippen LogP) is 3.19. The quantitative estimate of drug-likeness (QED) is 0.910. The van der Waals surface area contributed by atoms with E-state index in [-0.39, 0.29) is 12.0 Å². The summed E-state index contributed by atoms with van der Waals surface area (Å²) in [7, 11) is 0. The van der Waals surface area contributed by atoms with Gasteiger partial charge in [-0.25, -0.2) is 0 Å². The molecule has 2 aromatic heterocycles. The number of rotatable bonds is 5. The van der Waals surface area contributed by atoms with Crippen LogP contribution in [-0.4, -0.2) is 34.9 Å². The molecule has 22 heavy (non-hydrogen) atoms. The van der Waals surface area contributed by atoms with E-state index in [4.69, 9.17) is 16.3 Å². The fourth-order valence-electron chi connectivity index (χ4n) is 2.52. The van der Waals surface area contributed by atoms with E-state index in [2.05, 4.69) is 10.4 Å². The Labute approximate surface area is 138 Å². The molecule has 0 spiro atoms. The molecule has 3 heterocycles. The molecule has 5 nitrogen and oxygen atoms in total. The second-order valence-electron chi connectivity index (χ2n) is 5.18. The van der Waals surface area contributed by atoms with Crippen molar-refractivity contribution < 1.29 is 9.53 Å². The molecule has 7 heteroatoms. The van der Waals surface area contributed by atoms with Gasteiger partial charge in [-0.1, -0.05) is 11.6 Å². The molecule has 1 aliphatic rings. The molecule has 1 N–H and O–H groups in total. The molecule has 1 fully saturated rings. The van der Waals surface area contributed by atoms with Crippen molar-refractivity contribution in [2.24, 2.45) is 0 Å². The smallest absolute Gasteiger partial charge is 0.271 e. The van der Waals surface area contributed by atoms with Gasteiger partial charge in [-0.15, -0.1) is 11.3 Å². The first-order valence-corrected chi connectivity index (χ1v) is 8.60. The summed E-state index contributed by atoms with van der Waals surface area (Å²) >= 11 is 7.48. The Bertz CT molecular complexity index is 662. The van der Waals surface area contributed by atoms with Gasteiger partial charge in [0.15, 0.2) is 5.69 Å². The monoisotopic (exact) mass is 339 g/mol. The number of aromatic nitrogens is 2. The van der Waals surface area contributed by atoms with Gasteiger partial charge >= 0.3 is 0 Å². The van der Waals surface area contributed by atoms with E-state index in [0.717, 1.165) is 34.4 Å². The van der Waals surface area contributed by atoms with E-state index < -0.39 is 0 Å². The third-order valence-corrected chi connectivity index (χ3v) is 4.91. The number of carbonyl (C=O) groups is 1. The van der Waals surface area contributed by atoms with Crippen molar-refractivity contribution in [1.29, 1.82) is 0 Å². The number of nitrogens with one attached hydrogen (secondary N) is 1. The molecule has 0 saturated carbocycles. The van der Waals surface area contributed by atoms with Crippen LogP contribution in [0.15, 0.2) is 18.2 Å². The summed E-state index contributed by atoms with van der Waals surface area (Å²) in [5.74, 6) is -0.161. The maximum Gasteiger partial charge on any atom is 0.271 e. The molecular formula is C15H18ClN3O2S. The minimum Gasteiger partial charge on any atom is -0.376 e. The zero-order valence-electron chi connectivity index (χ0n) is 12.3. The molecule has 0 aromatic carbocycles. The zero-order valence-corrected chi connectivity index (χ0v) is 13.9. The van der Waals surface area contributed by atoms with Gasteiger partial charge in [-0.3, -0.25) is 9.48 Å². The number of carbonyl (C=O) groups excluding carboxylic acids is 1. The third-order valence-electron chi connectivity index (χ3n) is 3.65. The standard InChI is InChI=1S/C15H18ClN3O2S/c1-2-19-12(13-5-6-14(16)22-13)8-11(18-19)15(20)17-9-10-4-3-7-21-10/h5-6,8,10H,2-4,7,9H2,1H3,(H,17,20)/t10-/m1/s1. The Morgan fingerprint density at radius 3 is 3.09 bits per heavy atom. The van der Waals surface area contributed by atoms with E-state index in [0.29, 0.717) is 18.8 Å². The van der Waals surface area contributed by atoms with Gasteiger partial charge in [0.2, 0.25) is 0 Å². The minimum absolute atomic E-state index is 0.132. The maximum atomic E-state index is 12.3. The van der Waals surface area contributed by atoms with Gasteiger partial charge in [0.05, 0.1) is 21.0 Å². The number of thiophene rings is 1. The summed E-state index contributed by atoms with van der Waals surface area (Å²) in [5, 5.41) is 7.29. The Kier molecular flexibility index (Phi) is 4.81. The fraction of sp³-hybridized carbons (Fsp3) is 0.467. The minimum atomic E-state index is -0.161. The summed E-state index contributed by atoms with van der Waals surface area (Å²) in [6.45, 7) is 4.02. The van der Waals surface area contributed by atoms with Crippen LogP contribution < -0.4 is 5.32 Å². The van der Waals surface area contributed by atoms with Crippen LogP contribution >= 0.6 is 22.9 Å². The van der Waals surface area contributed by atoms with Gasteiger partial charge in [0.1, 0.15) is 0 Å². The molecular weight excluding hydrogens is 322 g/mol. The van der Waals surface area contributed by atoms with Crippen molar-refractivity contribution in [1.82, 2.24) is 15.1 Å². The lowest BCUT2D eigenvalue weighted by atomic mass is 10.2. The molecule has 0 unspecified atom stereocenters. The molecule has 1 saturated heterocycles. The molecule has 0 radical (unpaired) electrons. The molecule has 0 aliphatic carbocycles. The number of amides is 1. The van der Waals surface area contributed by atoms with Crippen molar-refractivity contribution in [2.75, 3.05) is 13.2 Å². The summed E-state index contributed by atoms with van der Waals surface area (Å²) in [6.07, 6.45) is 2.20. The Balaban J connectivity index is 1.73. The first-order valence-electron chi connectivity index (χ1n) is 7.40. The van der Waals surface area contributed by atoms with Crippen molar-refractivity contribution in [2.45, 2.75) is 32.4 Å². The summed E-state index contributed by atoms with van der Waals surface area (Å²) in [5.41, 5.74) is 1.35. The highest BCUT2D eigenvalue weighted by atomic mass is 35.5. The zero-order chi connectivity index (χ0) is 15.5. The van der Waals surface area contributed by atoms with E-state index in [1.165, 1.54) is 11.3 Å². The van der Waals surface area contributed by atoms with E-state index >= 15 is 0 Å². The molecule has 1 amide bonds. The van der Waals surface area contributed by atoms with Crippen molar-refractivity contribution >= 4 is 28.8 Å². The Morgan fingerprint density at radius 1 is 1.59 bits per heavy atom. The summed E-state index contributed by atoms with van der Waals surface area (Å²) in [4.78, 5) is 13.3. The summed E-state index contributed by atoms with van der Waals surface area (Å²) in [6, 6.07) is 5.62. The average Bonchev–Trinajstić information content (AvgIpc) is 3.24. The molecule has 1 atom stereocenters. The predicted molar refractivity (Wildman–Crippen MR) is 87.5 cm³/mol. The van der Waals surface area contributed by atoms with Crippen LogP contribution in [0, 0.1) is 0 Å². The van der Waals surface area contributed by atoms with Gasteiger partial charge in [-0.05, 0) is 38.0 Å². The van der Waals surface area contributed by atoms with Crippen molar-refractivity contribution in [3.63, 3.8) is 0 Å². The fourth-order valence-corrected chi connectivity index (χ4v) is 3.58. The van der Waals surface area contributed by atoms with Crippen LogP contribution in [0.25, 0.3) is 10.6 Å². The van der Waals surface area contributed by atoms with Crippen LogP contribution in [0.3, 0.4) is 0 Å². The Morgan fingerprint density at radius 2 is 2.45 bits per heavy atom. The molecule has 1 aliphatic heterocycles. The lowest BCUT2D eigenvalue weighted by molar-refractivity contribution is 0.0853. The number of aryl methyl sites for hydroxylation is 1. The number of hydrogen-bond donors (Lipinski definition) is 1. The maximum absolute atomic E-state index is 12.3.